The molecule has 0 fully saturated rings. The van der Waals surface area contributed by atoms with Gasteiger partial charge in [-0.1, -0.05) is 12.1 Å². The second kappa shape index (κ2) is 9.86. The molecule has 0 saturated heterocycles. The van der Waals surface area contributed by atoms with Crippen molar-refractivity contribution in [2.45, 2.75) is 6.42 Å². The molecule has 3 aromatic rings. The standard InChI is InChI=1S/C23H22FN3O6/c1-26-9-7-19(28)21(22(26)31)27(23(32)25-8-6-20(29)30)17-11-15(10-16(24)13-17)14-4-3-5-18(12-14)33-2/h3-5,7,9-13,28H,6,8H2,1-2H3,(H,25,32)(H,29,30). The Kier molecular flexibility index (Phi) is 6.97. The lowest BCUT2D eigenvalue weighted by Gasteiger charge is -2.24. The van der Waals surface area contributed by atoms with Crippen LogP contribution in [0, 0.1) is 5.82 Å². The monoisotopic (exact) mass is 455 g/mol. The highest BCUT2D eigenvalue weighted by molar-refractivity contribution is 6.01. The average Bonchev–Trinajstić information content (AvgIpc) is 2.78. The summed E-state index contributed by atoms with van der Waals surface area (Å²) in [6.07, 6.45) is 0.950. The number of aryl methyl sites for hydroxylation is 1. The van der Waals surface area contributed by atoms with Crippen LogP contribution >= 0.6 is 0 Å². The molecule has 0 unspecified atom stereocenters. The van der Waals surface area contributed by atoms with Crippen LogP contribution in [0.15, 0.2) is 59.5 Å². The number of carbonyl (C=O) groups is 2. The van der Waals surface area contributed by atoms with Gasteiger partial charge in [0, 0.05) is 19.8 Å². The quantitative estimate of drug-likeness (QED) is 0.503. The van der Waals surface area contributed by atoms with E-state index in [1.54, 1.807) is 24.3 Å². The van der Waals surface area contributed by atoms with Gasteiger partial charge in [0.15, 0.2) is 5.69 Å². The van der Waals surface area contributed by atoms with E-state index in [0.717, 1.165) is 15.5 Å². The fourth-order valence-electron chi connectivity index (χ4n) is 3.19. The van der Waals surface area contributed by atoms with Crippen LogP contribution < -0.4 is 20.5 Å². The molecule has 0 atom stereocenters. The predicted octanol–water partition coefficient (Wildman–Crippen LogP) is 3.23. The third-order valence-electron chi connectivity index (χ3n) is 4.81. The van der Waals surface area contributed by atoms with Crippen molar-refractivity contribution in [2.24, 2.45) is 7.05 Å². The number of aromatic nitrogens is 1. The number of urea groups is 1. The molecule has 0 bridgehead atoms. The molecule has 2 amide bonds. The molecule has 2 aromatic carbocycles. The Bertz CT molecular complexity index is 1260. The summed E-state index contributed by atoms with van der Waals surface area (Å²) in [7, 11) is 2.92. The van der Waals surface area contributed by atoms with E-state index in [2.05, 4.69) is 5.32 Å². The summed E-state index contributed by atoms with van der Waals surface area (Å²) < 4.78 is 21.0. The number of pyridine rings is 1. The zero-order valence-electron chi connectivity index (χ0n) is 17.9. The number of carboxylic acid groups (broad SMARTS) is 1. The van der Waals surface area contributed by atoms with E-state index in [4.69, 9.17) is 9.84 Å². The van der Waals surface area contributed by atoms with Crippen LogP contribution in [0.5, 0.6) is 11.5 Å². The summed E-state index contributed by atoms with van der Waals surface area (Å²) in [4.78, 5) is 37.5. The first-order valence-corrected chi connectivity index (χ1v) is 9.84. The maximum absolute atomic E-state index is 14.7. The molecule has 1 aromatic heterocycles. The van der Waals surface area contributed by atoms with Crippen LogP contribution in [-0.2, 0) is 11.8 Å². The molecule has 33 heavy (non-hydrogen) atoms. The Labute approximate surface area is 188 Å². The van der Waals surface area contributed by atoms with Crippen LogP contribution in [0.4, 0.5) is 20.6 Å². The Hall–Kier alpha value is -4.34. The number of nitrogens with one attached hydrogen (secondary N) is 1. The predicted molar refractivity (Wildman–Crippen MR) is 120 cm³/mol. The number of aliphatic carboxylic acids is 1. The number of aromatic hydroxyl groups is 1. The maximum Gasteiger partial charge on any atom is 0.326 e. The van der Waals surface area contributed by atoms with Gasteiger partial charge in [0.1, 0.15) is 17.3 Å². The zero-order valence-corrected chi connectivity index (χ0v) is 17.9. The Morgan fingerprint density at radius 3 is 2.61 bits per heavy atom. The van der Waals surface area contributed by atoms with Crippen molar-refractivity contribution in [3.8, 4) is 22.6 Å². The summed E-state index contributed by atoms with van der Waals surface area (Å²) in [5.74, 6) is -1.79. The van der Waals surface area contributed by atoms with Crippen LogP contribution in [-0.4, -0.2) is 40.4 Å². The summed E-state index contributed by atoms with van der Waals surface area (Å²) >= 11 is 0. The molecule has 0 saturated carbocycles. The van der Waals surface area contributed by atoms with Gasteiger partial charge in [-0.15, -0.1) is 0 Å². The van der Waals surface area contributed by atoms with Gasteiger partial charge in [-0.25, -0.2) is 9.18 Å². The molecule has 10 heteroatoms. The Morgan fingerprint density at radius 1 is 1.15 bits per heavy atom. The van der Waals surface area contributed by atoms with E-state index in [1.165, 1.54) is 38.6 Å². The minimum absolute atomic E-state index is 0.0424. The summed E-state index contributed by atoms with van der Waals surface area (Å²) in [6, 6.07) is 10.9. The number of methoxy groups -OCH3 is 1. The van der Waals surface area contributed by atoms with Crippen LogP contribution in [0.2, 0.25) is 0 Å². The van der Waals surface area contributed by atoms with E-state index < -0.39 is 34.8 Å². The van der Waals surface area contributed by atoms with Crippen LogP contribution in [0.3, 0.4) is 0 Å². The molecule has 0 aliphatic rings. The van der Waals surface area contributed by atoms with Gasteiger partial charge in [0.05, 0.1) is 19.2 Å². The smallest absolute Gasteiger partial charge is 0.326 e. The molecule has 0 spiro atoms. The zero-order chi connectivity index (χ0) is 24.1. The fourth-order valence-corrected chi connectivity index (χ4v) is 3.19. The van der Waals surface area contributed by atoms with E-state index in [1.807, 2.05) is 0 Å². The van der Waals surface area contributed by atoms with Crippen molar-refractivity contribution in [3.63, 3.8) is 0 Å². The van der Waals surface area contributed by atoms with Crippen molar-refractivity contribution < 1.29 is 28.9 Å². The van der Waals surface area contributed by atoms with Gasteiger partial charge in [-0.2, -0.15) is 0 Å². The van der Waals surface area contributed by atoms with Gasteiger partial charge in [-0.3, -0.25) is 14.5 Å². The van der Waals surface area contributed by atoms with Gasteiger partial charge < -0.3 is 24.8 Å². The highest BCUT2D eigenvalue weighted by Gasteiger charge is 2.26. The number of amides is 2. The molecular formula is C23H22FN3O6. The largest absolute Gasteiger partial charge is 0.505 e. The lowest BCUT2D eigenvalue weighted by molar-refractivity contribution is -0.136. The van der Waals surface area contributed by atoms with Gasteiger partial charge >= 0.3 is 12.0 Å². The number of carboxylic acids is 1. The van der Waals surface area contributed by atoms with Crippen molar-refractivity contribution in [3.05, 3.63) is 70.9 Å². The Balaban J connectivity index is 2.16. The SMILES string of the molecule is COc1cccc(-c2cc(F)cc(N(C(=O)NCCC(=O)O)c3c(O)ccn(C)c3=O)c2)c1. The highest BCUT2D eigenvalue weighted by atomic mass is 19.1. The molecule has 9 nitrogen and oxygen atoms in total. The topological polar surface area (TPSA) is 121 Å². The van der Waals surface area contributed by atoms with Gasteiger partial charge in [-0.05, 0) is 47.5 Å². The van der Waals surface area contributed by atoms with Gasteiger partial charge in [0.25, 0.3) is 5.56 Å². The van der Waals surface area contributed by atoms with Crippen molar-refractivity contribution in [2.75, 3.05) is 18.6 Å². The molecule has 0 aliphatic carbocycles. The molecule has 1 heterocycles. The van der Waals surface area contributed by atoms with E-state index >= 15 is 0 Å². The average molecular weight is 455 g/mol. The number of nitrogens with zero attached hydrogens (tertiary/aromatic N) is 2. The Morgan fingerprint density at radius 2 is 1.91 bits per heavy atom. The number of hydrogen-bond donors (Lipinski definition) is 3. The normalized spacial score (nSPS) is 10.5. The van der Waals surface area contributed by atoms with Crippen molar-refractivity contribution in [1.82, 2.24) is 9.88 Å². The summed E-state index contributed by atoms with van der Waals surface area (Å²) in [5, 5.41) is 21.6. The third-order valence-corrected chi connectivity index (χ3v) is 4.81. The van der Waals surface area contributed by atoms with E-state index in [0.29, 0.717) is 16.9 Å². The molecular weight excluding hydrogens is 433 g/mol. The molecule has 0 aliphatic heterocycles. The molecule has 3 rings (SSSR count). The lowest BCUT2D eigenvalue weighted by atomic mass is 10.0. The second-order valence-electron chi connectivity index (χ2n) is 7.11. The number of hydrogen-bond acceptors (Lipinski definition) is 5. The molecule has 3 N–H and O–H groups in total. The first-order valence-electron chi connectivity index (χ1n) is 9.84. The fraction of sp³-hybridized carbons (Fsp3) is 0.174. The number of benzene rings is 2. The number of carbonyl (C=O) groups excluding carboxylic acids is 1. The third kappa shape index (κ3) is 5.29. The minimum atomic E-state index is -1.13. The summed E-state index contributed by atoms with van der Waals surface area (Å²) in [6.45, 7) is -0.239. The van der Waals surface area contributed by atoms with E-state index in [-0.39, 0.29) is 18.7 Å². The van der Waals surface area contributed by atoms with Crippen LogP contribution in [0.25, 0.3) is 11.1 Å². The summed E-state index contributed by atoms with van der Waals surface area (Å²) in [5.41, 5.74) is -0.184. The van der Waals surface area contributed by atoms with E-state index in [9.17, 15) is 23.9 Å². The number of halogens is 1. The van der Waals surface area contributed by atoms with Crippen molar-refractivity contribution >= 4 is 23.4 Å². The van der Waals surface area contributed by atoms with Crippen molar-refractivity contribution in [1.29, 1.82) is 0 Å². The molecule has 0 radical (unpaired) electrons. The first-order chi connectivity index (χ1) is 15.7. The molecule has 172 valence electrons. The first kappa shape index (κ1) is 23.3. The number of ether oxygens (including phenoxy) is 1. The number of anilines is 2. The van der Waals surface area contributed by atoms with Gasteiger partial charge in [0.2, 0.25) is 0 Å². The highest BCUT2D eigenvalue weighted by Crippen LogP contribution is 2.34. The second-order valence-corrected chi connectivity index (χ2v) is 7.11. The minimum Gasteiger partial charge on any atom is -0.505 e. The van der Waals surface area contributed by atoms with Crippen LogP contribution in [0.1, 0.15) is 6.42 Å². The number of rotatable bonds is 7. The maximum atomic E-state index is 14.7. The lowest BCUT2D eigenvalue weighted by Crippen LogP contribution is -2.41.